The van der Waals surface area contributed by atoms with E-state index >= 15 is 0 Å². The summed E-state index contributed by atoms with van der Waals surface area (Å²) in [7, 11) is 0. The number of aromatic amines is 2. The van der Waals surface area contributed by atoms with Crippen LogP contribution in [0.15, 0.2) is 30.3 Å². The number of aliphatic hydroxyl groups is 1. The molecular formula is C15H19N8O10Pr. The van der Waals surface area contributed by atoms with Crippen molar-refractivity contribution in [2.45, 2.75) is 20.8 Å². The van der Waals surface area contributed by atoms with Crippen LogP contribution >= 0.6 is 0 Å². The predicted molar refractivity (Wildman–Crippen MR) is 113 cm³/mol. The molecule has 34 heavy (non-hydrogen) atoms. The van der Waals surface area contributed by atoms with Crippen LogP contribution in [0.3, 0.4) is 0 Å². The molecule has 0 aliphatic rings. The maximum absolute atomic E-state index is 8.25. The Bertz CT molecular complexity index is 901. The van der Waals surface area contributed by atoms with Gasteiger partial charge in [-0.2, -0.15) is 10.2 Å². The van der Waals surface area contributed by atoms with Crippen molar-refractivity contribution in [3.8, 4) is 22.8 Å². The molecule has 3 aromatic rings. The summed E-state index contributed by atoms with van der Waals surface area (Å²) in [5, 5.41) is 66.1. The fraction of sp³-hybridized carbons (Fsp3) is 0.267. The van der Waals surface area contributed by atoms with Gasteiger partial charge < -0.3 is 51.1 Å². The molecule has 0 amide bonds. The maximum Gasteiger partial charge on any atom is 3.00 e. The molecule has 0 saturated heterocycles. The van der Waals surface area contributed by atoms with E-state index in [1.807, 2.05) is 44.2 Å². The van der Waals surface area contributed by atoms with Gasteiger partial charge in [0.1, 0.15) is 11.4 Å². The monoisotopic (exact) mass is 612 g/mol. The van der Waals surface area contributed by atoms with Crippen molar-refractivity contribution in [1.82, 2.24) is 25.4 Å². The van der Waals surface area contributed by atoms with Gasteiger partial charge in [-0.3, -0.25) is 10.2 Å². The van der Waals surface area contributed by atoms with E-state index in [-0.39, 0.29) is 47.9 Å². The van der Waals surface area contributed by atoms with E-state index in [9.17, 15) is 0 Å². The second kappa shape index (κ2) is 20.1. The number of nitrogens with one attached hydrogen (secondary N) is 2. The quantitative estimate of drug-likeness (QED) is 0.275. The number of aromatic nitrogens is 5. The van der Waals surface area contributed by atoms with E-state index in [1.54, 1.807) is 6.92 Å². The van der Waals surface area contributed by atoms with Crippen molar-refractivity contribution in [2.24, 2.45) is 0 Å². The summed E-state index contributed by atoms with van der Waals surface area (Å²) in [4.78, 5) is 29.3. The Labute approximate surface area is 223 Å². The van der Waals surface area contributed by atoms with Gasteiger partial charge in [0.05, 0.1) is 26.6 Å². The van der Waals surface area contributed by atoms with Crippen LogP contribution in [-0.2, 0) is 0 Å². The summed E-state index contributed by atoms with van der Waals surface area (Å²) >= 11 is 0. The van der Waals surface area contributed by atoms with Crippen LogP contribution < -0.4 is 0 Å². The minimum Gasteiger partial charge on any atom is -0.397 e. The molecule has 19 heteroatoms. The van der Waals surface area contributed by atoms with E-state index < -0.39 is 15.3 Å². The zero-order valence-electron chi connectivity index (χ0n) is 18.0. The van der Waals surface area contributed by atoms with Crippen LogP contribution in [0.1, 0.15) is 18.3 Å². The van der Waals surface area contributed by atoms with Crippen molar-refractivity contribution in [1.29, 1.82) is 0 Å². The maximum atomic E-state index is 8.25. The number of nitrogens with zero attached hydrogens (tertiary/aromatic N) is 6. The summed E-state index contributed by atoms with van der Waals surface area (Å²) in [6.07, 6.45) is 0. The molecule has 0 radical (unpaired) electrons. The van der Waals surface area contributed by atoms with Gasteiger partial charge in [0.25, 0.3) is 0 Å². The average Bonchev–Trinajstić information content (AvgIpc) is 3.30. The van der Waals surface area contributed by atoms with E-state index in [2.05, 4.69) is 25.4 Å². The molecule has 182 valence electrons. The zero-order chi connectivity index (χ0) is 26.0. The molecule has 0 unspecified atom stereocenters. The summed E-state index contributed by atoms with van der Waals surface area (Å²) in [5.74, 6) is 0. The summed E-state index contributed by atoms with van der Waals surface area (Å²) in [5.41, 5.74) is 5.43. The average molecular weight is 612 g/mol. The summed E-state index contributed by atoms with van der Waals surface area (Å²) in [6, 6.07) is 9.80. The Morgan fingerprint density at radius 2 is 1.03 bits per heavy atom. The van der Waals surface area contributed by atoms with Crippen molar-refractivity contribution in [3.63, 3.8) is 0 Å². The van der Waals surface area contributed by atoms with Gasteiger partial charge >= 0.3 is 41.3 Å². The molecule has 0 atom stereocenters. The Balaban J connectivity index is -0.000000500. The number of pyridine rings is 1. The molecule has 3 aromatic heterocycles. The molecule has 0 bridgehead atoms. The molecule has 0 aliphatic heterocycles. The normalized spacial score (nSPS) is 8.35. The van der Waals surface area contributed by atoms with E-state index in [0.717, 1.165) is 34.2 Å². The molecule has 0 aromatic carbocycles. The van der Waals surface area contributed by atoms with Crippen LogP contribution in [0, 0.1) is 101 Å². The Hall–Kier alpha value is -3.51. The fourth-order valence-electron chi connectivity index (χ4n) is 1.82. The molecular weight excluding hydrogens is 593 g/mol. The smallest absolute Gasteiger partial charge is 0.397 e. The van der Waals surface area contributed by atoms with Crippen LogP contribution in [0.5, 0.6) is 0 Å². The van der Waals surface area contributed by atoms with Gasteiger partial charge in [-0.1, -0.05) is 6.07 Å². The fourth-order valence-corrected chi connectivity index (χ4v) is 1.82. The Morgan fingerprint density at radius 1 is 0.765 bits per heavy atom. The first-order valence-corrected chi connectivity index (χ1v) is 8.41. The first-order valence-electron chi connectivity index (χ1n) is 8.41. The van der Waals surface area contributed by atoms with Crippen LogP contribution in [0.25, 0.3) is 22.8 Å². The van der Waals surface area contributed by atoms with Crippen LogP contribution in [0.2, 0.25) is 0 Å². The van der Waals surface area contributed by atoms with E-state index in [1.165, 1.54) is 0 Å². The molecule has 3 heterocycles. The van der Waals surface area contributed by atoms with Gasteiger partial charge in [0, 0.05) is 18.0 Å². The van der Waals surface area contributed by atoms with E-state index in [4.69, 9.17) is 51.1 Å². The minimum absolute atomic E-state index is 0. The number of aryl methyl sites for hydroxylation is 2. The van der Waals surface area contributed by atoms with Crippen molar-refractivity contribution < 1.29 is 61.7 Å². The van der Waals surface area contributed by atoms with Crippen molar-refractivity contribution in [3.05, 3.63) is 87.7 Å². The molecule has 0 spiro atoms. The minimum atomic E-state index is -1.75. The topological polar surface area (TPSA) is 289 Å². The number of hydrogen-bond acceptors (Lipinski definition) is 13. The Kier molecular flexibility index (Phi) is 20.8. The second-order valence-electron chi connectivity index (χ2n) is 5.27. The second-order valence-corrected chi connectivity index (χ2v) is 5.27. The third-order valence-corrected chi connectivity index (χ3v) is 2.69. The molecule has 0 fully saturated rings. The molecule has 0 saturated carbocycles. The molecule has 0 aliphatic carbocycles. The number of aliphatic hydroxyl groups excluding tert-OH is 1. The van der Waals surface area contributed by atoms with E-state index in [0.29, 0.717) is 0 Å². The third kappa shape index (κ3) is 20.4. The SMILES string of the molecule is CCO.Cc1cc(-c2cccc(-c3cc(C)[nH]n3)n2)n[nH]1.O=[N+]([O-])[O-].O=[N+]([O-])[O-].O=[N+]([O-])[O-].[Pr+3]. The van der Waals surface area contributed by atoms with Gasteiger partial charge in [0.2, 0.25) is 0 Å². The third-order valence-electron chi connectivity index (χ3n) is 2.69. The largest absolute Gasteiger partial charge is 3.00 e. The predicted octanol–water partition coefficient (Wildman–Crippen LogP) is 1.76. The molecule has 3 N–H and O–H groups in total. The number of H-pyrrole nitrogens is 2. The van der Waals surface area contributed by atoms with Crippen LogP contribution in [0.4, 0.5) is 0 Å². The van der Waals surface area contributed by atoms with Gasteiger partial charge in [-0.15, -0.1) is 0 Å². The van der Waals surface area contributed by atoms with Gasteiger partial charge in [-0.25, -0.2) is 4.98 Å². The number of hydrogen-bond donors (Lipinski definition) is 3. The van der Waals surface area contributed by atoms with Gasteiger partial charge in [-0.05, 0) is 45.0 Å². The first kappa shape index (κ1) is 35.1. The summed E-state index contributed by atoms with van der Waals surface area (Å²) < 4.78 is 0. The van der Waals surface area contributed by atoms with Gasteiger partial charge in [0.15, 0.2) is 0 Å². The Morgan fingerprint density at radius 3 is 1.24 bits per heavy atom. The van der Waals surface area contributed by atoms with Crippen LogP contribution in [-0.4, -0.2) is 52.4 Å². The summed E-state index contributed by atoms with van der Waals surface area (Å²) in [6.45, 7) is 5.87. The zero-order valence-corrected chi connectivity index (χ0v) is 21.7. The van der Waals surface area contributed by atoms with Crippen molar-refractivity contribution in [2.75, 3.05) is 6.61 Å². The molecule has 3 rings (SSSR count). The van der Waals surface area contributed by atoms with Crippen molar-refractivity contribution >= 4 is 0 Å². The number of rotatable bonds is 2. The molecule has 18 nitrogen and oxygen atoms in total. The first-order chi connectivity index (χ1) is 15.3. The standard InChI is InChI=1S/C13H13N5.C2H6O.3NO3.Pr/c1-8-6-12(17-15-8)10-4-3-5-11(14-10)13-7-9(2)16-18-13;1-2-3;3*2-1(3)4;/h3-7H,1-2H3,(H,15,17)(H,16,18);3H,2H2,1H3;;;;/q;;3*-1;+3.